The van der Waals surface area contributed by atoms with Gasteiger partial charge in [-0.3, -0.25) is 0 Å². The van der Waals surface area contributed by atoms with Crippen LogP contribution in [-0.4, -0.2) is 18.1 Å². The largest absolute Gasteiger partial charge is 0.312 e. The maximum absolute atomic E-state index is 13.7. The highest BCUT2D eigenvalue weighted by Gasteiger charge is 2.14. The monoisotopic (exact) mass is 241 g/mol. The van der Waals surface area contributed by atoms with Crippen LogP contribution >= 0.6 is 11.8 Å². The van der Waals surface area contributed by atoms with Gasteiger partial charge in [0.15, 0.2) is 0 Å². The van der Waals surface area contributed by atoms with Crippen LogP contribution in [0.4, 0.5) is 4.39 Å². The van der Waals surface area contributed by atoms with Crippen LogP contribution in [0.5, 0.6) is 0 Å². The van der Waals surface area contributed by atoms with Gasteiger partial charge in [0.25, 0.3) is 0 Å². The molecule has 1 rings (SSSR count). The summed E-state index contributed by atoms with van der Waals surface area (Å²) in [5, 5.41) is 3.75. The molecule has 0 radical (unpaired) electrons. The van der Waals surface area contributed by atoms with Crippen LogP contribution in [0.2, 0.25) is 0 Å². The first kappa shape index (κ1) is 13.5. The van der Waals surface area contributed by atoms with Gasteiger partial charge in [0.05, 0.1) is 0 Å². The Morgan fingerprint density at radius 3 is 2.62 bits per heavy atom. The number of benzene rings is 1. The van der Waals surface area contributed by atoms with Crippen molar-refractivity contribution in [2.45, 2.75) is 32.1 Å². The van der Waals surface area contributed by atoms with Crippen LogP contribution in [-0.2, 0) is 0 Å². The zero-order valence-corrected chi connectivity index (χ0v) is 11.2. The number of nitrogens with one attached hydrogen (secondary N) is 1. The molecule has 1 atom stereocenters. The molecule has 0 saturated heterocycles. The third kappa shape index (κ3) is 3.80. The highest BCUT2D eigenvalue weighted by molar-refractivity contribution is 7.99. The second-order valence-electron chi connectivity index (χ2n) is 4.25. The van der Waals surface area contributed by atoms with Crippen LogP contribution in [0.3, 0.4) is 0 Å². The first-order chi connectivity index (χ1) is 7.54. The lowest BCUT2D eigenvalue weighted by Gasteiger charge is -2.18. The second-order valence-corrected chi connectivity index (χ2v) is 5.86. The Bertz CT molecular complexity index is 339. The van der Waals surface area contributed by atoms with E-state index in [9.17, 15) is 4.39 Å². The number of hydrogen-bond acceptors (Lipinski definition) is 2. The van der Waals surface area contributed by atoms with Gasteiger partial charge >= 0.3 is 0 Å². The molecule has 0 aliphatic rings. The number of thioether (sulfide) groups is 1. The van der Waals surface area contributed by atoms with Crippen LogP contribution in [0.25, 0.3) is 0 Å². The van der Waals surface area contributed by atoms with Gasteiger partial charge < -0.3 is 5.32 Å². The number of rotatable bonds is 5. The van der Waals surface area contributed by atoms with E-state index in [4.69, 9.17) is 0 Å². The fourth-order valence-corrected chi connectivity index (χ4v) is 2.47. The summed E-state index contributed by atoms with van der Waals surface area (Å²) in [4.78, 5) is 0. The van der Waals surface area contributed by atoms with Gasteiger partial charge in [0.2, 0.25) is 0 Å². The van der Waals surface area contributed by atoms with Gasteiger partial charge in [-0.15, -0.1) is 0 Å². The Morgan fingerprint density at radius 2 is 2.06 bits per heavy atom. The van der Waals surface area contributed by atoms with E-state index in [-0.39, 0.29) is 11.9 Å². The van der Waals surface area contributed by atoms with Gasteiger partial charge in [-0.1, -0.05) is 31.5 Å². The van der Waals surface area contributed by atoms with Gasteiger partial charge in [0, 0.05) is 17.4 Å². The Labute approximate surface area is 102 Å². The molecule has 0 aliphatic heterocycles. The van der Waals surface area contributed by atoms with Crippen molar-refractivity contribution in [2.75, 3.05) is 12.8 Å². The van der Waals surface area contributed by atoms with Crippen molar-refractivity contribution in [3.05, 3.63) is 35.1 Å². The van der Waals surface area contributed by atoms with E-state index < -0.39 is 0 Å². The van der Waals surface area contributed by atoms with E-state index in [1.165, 1.54) is 0 Å². The third-order valence-corrected chi connectivity index (χ3v) is 3.66. The van der Waals surface area contributed by atoms with Crippen molar-refractivity contribution < 1.29 is 4.39 Å². The number of halogens is 1. The number of hydrogen-bond donors (Lipinski definition) is 1. The molecule has 0 fully saturated rings. The molecule has 1 aromatic carbocycles. The van der Waals surface area contributed by atoms with E-state index in [2.05, 4.69) is 19.2 Å². The molecule has 1 aromatic rings. The molecule has 1 N–H and O–H groups in total. The molecular formula is C13H20FNS. The van der Waals surface area contributed by atoms with E-state index in [0.29, 0.717) is 5.25 Å². The molecule has 90 valence electrons. The molecule has 0 aliphatic carbocycles. The van der Waals surface area contributed by atoms with Crippen LogP contribution in [0, 0.1) is 12.7 Å². The molecule has 0 amide bonds. The van der Waals surface area contributed by atoms with E-state index in [1.54, 1.807) is 12.1 Å². The number of aryl methyl sites for hydroxylation is 1. The lowest BCUT2D eigenvalue weighted by molar-refractivity contribution is 0.565. The van der Waals surface area contributed by atoms with Gasteiger partial charge in [-0.2, -0.15) is 11.8 Å². The lowest BCUT2D eigenvalue weighted by atomic mass is 10.1. The third-order valence-electron chi connectivity index (χ3n) is 2.47. The standard InChI is InChI=1S/C13H20FNS/c1-9(2)16-8-13(15-4)11-7-10(3)5-6-12(11)14/h5-7,9,13,15H,8H2,1-4H3. The van der Waals surface area contributed by atoms with Crippen molar-refractivity contribution in [2.24, 2.45) is 0 Å². The molecule has 16 heavy (non-hydrogen) atoms. The Kier molecular flexibility index (Phi) is 5.29. The van der Waals surface area contributed by atoms with Gasteiger partial charge in [-0.25, -0.2) is 4.39 Å². The molecule has 1 unspecified atom stereocenters. The second kappa shape index (κ2) is 6.26. The van der Waals surface area contributed by atoms with E-state index in [1.807, 2.05) is 31.8 Å². The van der Waals surface area contributed by atoms with Crippen molar-refractivity contribution in [3.63, 3.8) is 0 Å². The Morgan fingerprint density at radius 1 is 1.38 bits per heavy atom. The maximum Gasteiger partial charge on any atom is 0.128 e. The fourth-order valence-electron chi connectivity index (χ4n) is 1.55. The minimum absolute atomic E-state index is 0.0901. The van der Waals surface area contributed by atoms with Crippen molar-refractivity contribution in [1.29, 1.82) is 0 Å². The SMILES string of the molecule is CNC(CSC(C)C)c1cc(C)ccc1F. The topological polar surface area (TPSA) is 12.0 Å². The average molecular weight is 241 g/mol. The first-order valence-electron chi connectivity index (χ1n) is 5.59. The van der Waals surface area contributed by atoms with Crippen LogP contribution in [0.15, 0.2) is 18.2 Å². The Hall–Kier alpha value is -0.540. The summed E-state index contributed by atoms with van der Waals surface area (Å²) in [6, 6.07) is 5.38. The molecule has 0 aromatic heterocycles. The minimum atomic E-state index is -0.116. The molecule has 0 heterocycles. The van der Waals surface area contributed by atoms with Crippen LogP contribution in [0.1, 0.15) is 31.0 Å². The summed E-state index contributed by atoms with van der Waals surface area (Å²) >= 11 is 1.84. The summed E-state index contributed by atoms with van der Waals surface area (Å²) < 4.78 is 13.7. The van der Waals surface area contributed by atoms with Crippen molar-refractivity contribution >= 4 is 11.8 Å². The summed E-state index contributed by atoms with van der Waals surface area (Å²) in [5.74, 6) is 0.781. The minimum Gasteiger partial charge on any atom is -0.312 e. The van der Waals surface area contributed by atoms with Crippen molar-refractivity contribution in [3.8, 4) is 0 Å². The predicted molar refractivity (Wildman–Crippen MR) is 70.5 cm³/mol. The first-order valence-corrected chi connectivity index (χ1v) is 6.64. The van der Waals surface area contributed by atoms with Crippen LogP contribution < -0.4 is 5.32 Å². The summed E-state index contributed by atoms with van der Waals surface area (Å²) in [6.07, 6.45) is 0. The highest BCUT2D eigenvalue weighted by atomic mass is 32.2. The summed E-state index contributed by atoms with van der Waals surface area (Å²) in [7, 11) is 1.88. The predicted octanol–water partition coefficient (Wildman–Crippen LogP) is 3.54. The molecule has 0 spiro atoms. The van der Waals surface area contributed by atoms with E-state index in [0.717, 1.165) is 16.9 Å². The van der Waals surface area contributed by atoms with Gasteiger partial charge in [0.1, 0.15) is 5.82 Å². The summed E-state index contributed by atoms with van der Waals surface area (Å²) in [6.45, 7) is 6.30. The normalized spacial score (nSPS) is 13.1. The van der Waals surface area contributed by atoms with E-state index >= 15 is 0 Å². The molecule has 1 nitrogen and oxygen atoms in total. The highest BCUT2D eigenvalue weighted by Crippen LogP contribution is 2.23. The summed E-state index contributed by atoms with van der Waals surface area (Å²) in [5.41, 5.74) is 1.88. The maximum atomic E-state index is 13.7. The van der Waals surface area contributed by atoms with Gasteiger partial charge in [-0.05, 0) is 25.3 Å². The van der Waals surface area contributed by atoms with Crippen molar-refractivity contribution in [1.82, 2.24) is 5.32 Å². The molecule has 3 heteroatoms. The average Bonchev–Trinajstić information content (AvgIpc) is 2.23. The molecular weight excluding hydrogens is 221 g/mol. The zero-order chi connectivity index (χ0) is 12.1. The Balaban J connectivity index is 2.81. The molecule has 0 saturated carbocycles. The fraction of sp³-hybridized carbons (Fsp3) is 0.538. The zero-order valence-electron chi connectivity index (χ0n) is 10.4. The quantitative estimate of drug-likeness (QED) is 0.846. The molecule has 0 bridgehead atoms. The lowest BCUT2D eigenvalue weighted by Crippen LogP contribution is -2.20. The smallest absolute Gasteiger partial charge is 0.128 e.